The average Bonchev–Trinajstić information content (AvgIpc) is 2.84. The highest BCUT2D eigenvalue weighted by Crippen LogP contribution is 2.25. The molecular weight excluding hydrogens is 280 g/mol. The fraction of sp³-hybridized carbons (Fsp3) is 0.375. The van der Waals surface area contributed by atoms with Crippen LogP contribution < -0.4 is 0 Å². The first kappa shape index (κ1) is 12.9. The summed E-state index contributed by atoms with van der Waals surface area (Å²) in [4.78, 5) is 11.3. The molecular formula is C8H7N4O4S2-. The molecule has 8 nitrogen and oxygen atoms in total. The number of azo groups is 1. The molecule has 0 saturated carbocycles. The predicted octanol–water partition coefficient (Wildman–Crippen LogP) is 1.13. The Kier molecular flexibility index (Phi) is 3.89. The Bertz CT molecular complexity index is 565. The number of rotatable bonds is 4. The minimum absolute atomic E-state index is 0.0702. The molecule has 0 radical (unpaired) electrons. The molecule has 0 saturated heterocycles. The van der Waals surface area contributed by atoms with E-state index in [0.717, 1.165) is 11.3 Å². The minimum atomic E-state index is -2.24. The monoisotopic (exact) mass is 287 g/mol. The molecule has 1 aliphatic rings. The molecule has 0 fully saturated rings. The molecule has 1 atom stereocenters. The Labute approximate surface area is 108 Å². The maximum absolute atomic E-state index is 11.3. The van der Waals surface area contributed by atoms with Gasteiger partial charge in [0.1, 0.15) is 10.8 Å². The molecule has 0 spiro atoms. The lowest BCUT2D eigenvalue weighted by Gasteiger charge is -1.97. The molecule has 96 valence electrons. The van der Waals surface area contributed by atoms with Crippen LogP contribution in [0.4, 0.5) is 5.13 Å². The van der Waals surface area contributed by atoms with Gasteiger partial charge in [-0.05, 0) is 11.1 Å². The molecule has 1 heterocycles. The molecule has 1 N–H and O–H groups in total. The lowest BCUT2D eigenvalue weighted by atomic mass is 10.3. The molecule has 18 heavy (non-hydrogen) atoms. The third kappa shape index (κ3) is 3.03. The second-order valence-corrected chi connectivity index (χ2v) is 5.28. The molecule has 1 aromatic rings. The predicted molar refractivity (Wildman–Crippen MR) is 60.9 cm³/mol. The Morgan fingerprint density at radius 3 is 2.78 bits per heavy atom. The van der Waals surface area contributed by atoms with Gasteiger partial charge in [-0.2, -0.15) is 0 Å². The van der Waals surface area contributed by atoms with Crippen molar-refractivity contribution in [1.82, 2.24) is 10.2 Å². The van der Waals surface area contributed by atoms with Gasteiger partial charge in [-0.15, -0.1) is 20.4 Å². The summed E-state index contributed by atoms with van der Waals surface area (Å²) in [5, 5.41) is 24.2. The van der Waals surface area contributed by atoms with Gasteiger partial charge in [0.05, 0.1) is 5.75 Å². The van der Waals surface area contributed by atoms with Crippen LogP contribution in [0.25, 0.3) is 0 Å². The molecule has 0 bridgehead atoms. The van der Waals surface area contributed by atoms with E-state index in [2.05, 4.69) is 20.4 Å². The number of carbonyl (C=O) groups is 1. The van der Waals surface area contributed by atoms with E-state index in [0.29, 0.717) is 0 Å². The summed E-state index contributed by atoms with van der Waals surface area (Å²) in [7, 11) is 0. The first-order chi connectivity index (χ1) is 8.56. The van der Waals surface area contributed by atoms with Crippen molar-refractivity contribution in [2.45, 2.75) is 18.6 Å². The number of Topliss-reactive ketones (excluding diaryl/α,β-unsaturated/α-hetero) is 1. The zero-order valence-electron chi connectivity index (χ0n) is 8.90. The fourth-order valence-corrected chi connectivity index (χ4v) is 2.52. The Morgan fingerprint density at radius 2 is 2.17 bits per heavy atom. The number of aliphatic hydroxyl groups is 1. The van der Waals surface area contributed by atoms with Crippen LogP contribution in [0.5, 0.6) is 0 Å². The van der Waals surface area contributed by atoms with Crippen molar-refractivity contribution >= 4 is 33.3 Å². The average molecular weight is 287 g/mol. The van der Waals surface area contributed by atoms with E-state index in [1.807, 2.05) is 0 Å². The van der Waals surface area contributed by atoms with E-state index in [9.17, 15) is 18.7 Å². The van der Waals surface area contributed by atoms with Crippen LogP contribution in [-0.2, 0) is 21.6 Å². The van der Waals surface area contributed by atoms with Crippen LogP contribution in [0.3, 0.4) is 0 Å². The summed E-state index contributed by atoms with van der Waals surface area (Å²) < 4.78 is 20.9. The lowest BCUT2D eigenvalue weighted by molar-refractivity contribution is -0.115. The number of aromatic nitrogens is 2. The van der Waals surface area contributed by atoms with E-state index in [-0.39, 0.29) is 46.0 Å². The number of aliphatic hydroxyl groups excluding tert-OH is 1. The number of ketones is 1. The first-order valence-electron chi connectivity index (χ1n) is 4.81. The summed E-state index contributed by atoms with van der Waals surface area (Å²) >= 11 is -1.28. The smallest absolute Gasteiger partial charge is 0.251 e. The number of allylic oxidation sites excluding steroid dienone is 2. The maximum Gasteiger partial charge on any atom is 0.251 e. The Hall–Kier alpha value is -1.52. The third-order valence-electron chi connectivity index (χ3n) is 2.06. The zero-order chi connectivity index (χ0) is 13.1. The van der Waals surface area contributed by atoms with Gasteiger partial charge in [0.15, 0.2) is 11.5 Å². The zero-order valence-corrected chi connectivity index (χ0v) is 10.5. The number of nitrogens with zero attached hydrogens (tertiary/aromatic N) is 4. The van der Waals surface area contributed by atoms with Crippen molar-refractivity contribution in [1.29, 1.82) is 0 Å². The fourth-order valence-electron chi connectivity index (χ4n) is 1.28. The second-order valence-electron chi connectivity index (χ2n) is 3.34. The van der Waals surface area contributed by atoms with Crippen LogP contribution in [0.1, 0.15) is 17.8 Å². The van der Waals surface area contributed by atoms with Crippen LogP contribution >= 0.6 is 11.3 Å². The molecule has 0 amide bonds. The van der Waals surface area contributed by atoms with Crippen molar-refractivity contribution in [3.05, 3.63) is 16.5 Å². The van der Waals surface area contributed by atoms with Crippen LogP contribution in [0.15, 0.2) is 21.7 Å². The van der Waals surface area contributed by atoms with E-state index in [1.165, 1.54) is 0 Å². The number of carbonyl (C=O) groups excluding carboxylic acids is 1. The van der Waals surface area contributed by atoms with Gasteiger partial charge in [0.25, 0.3) is 5.13 Å². The lowest BCUT2D eigenvalue weighted by Crippen LogP contribution is -1.92. The maximum atomic E-state index is 11.3. The van der Waals surface area contributed by atoms with Gasteiger partial charge in [-0.25, -0.2) is 0 Å². The number of hydrogen-bond acceptors (Lipinski definition) is 9. The highest BCUT2D eigenvalue weighted by atomic mass is 32.2. The molecule has 1 unspecified atom stereocenters. The summed E-state index contributed by atoms with van der Waals surface area (Å²) in [6.07, 6.45) is 0.487. The van der Waals surface area contributed by atoms with Gasteiger partial charge in [0, 0.05) is 12.8 Å². The highest BCUT2D eigenvalue weighted by Gasteiger charge is 2.22. The summed E-state index contributed by atoms with van der Waals surface area (Å²) in [5.74, 6) is -0.601. The van der Waals surface area contributed by atoms with Crippen molar-refractivity contribution in [3.63, 3.8) is 0 Å². The summed E-state index contributed by atoms with van der Waals surface area (Å²) in [6.45, 7) is 0. The highest BCUT2D eigenvalue weighted by molar-refractivity contribution is 7.78. The topological polar surface area (TPSA) is 128 Å². The largest absolute Gasteiger partial charge is 0.772 e. The molecule has 1 aromatic heterocycles. The van der Waals surface area contributed by atoms with Gasteiger partial charge in [-0.3, -0.25) is 9.00 Å². The Morgan fingerprint density at radius 1 is 1.39 bits per heavy atom. The third-order valence-corrected chi connectivity index (χ3v) is 3.56. The molecule has 0 aliphatic heterocycles. The molecule has 2 rings (SSSR count). The van der Waals surface area contributed by atoms with Crippen molar-refractivity contribution in [2.75, 3.05) is 0 Å². The molecule has 1 aliphatic carbocycles. The second kappa shape index (κ2) is 5.42. The van der Waals surface area contributed by atoms with Crippen molar-refractivity contribution in [3.8, 4) is 0 Å². The van der Waals surface area contributed by atoms with E-state index in [1.54, 1.807) is 0 Å². The van der Waals surface area contributed by atoms with E-state index < -0.39 is 11.1 Å². The number of hydrogen-bond donors (Lipinski definition) is 1. The normalized spacial score (nSPS) is 17.9. The van der Waals surface area contributed by atoms with Gasteiger partial charge in [-0.1, -0.05) is 11.3 Å². The first-order valence-corrected chi connectivity index (χ1v) is 6.87. The van der Waals surface area contributed by atoms with Gasteiger partial charge in [0.2, 0.25) is 0 Å². The SMILES string of the molecule is O=C1CCC(O)=C1N=Nc1nnc(CS(=O)[O-])s1. The molecule has 10 heteroatoms. The van der Waals surface area contributed by atoms with Crippen LogP contribution in [0, 0.1) is 0 Å². The summed E-state index contributed by atoms with van der Waals surface area (Å²) in [6, 6.07) is 0. The van der Waals surface area contributed by atoms with E-state index in [4.69, 9.17) is 0 Å². The quantitative estimate of drug-likeness (QED) is 0.653. The van der Waals surface area contributed by atoms with Crippen LogP contribution in [0.2, 0.25) is 0 Å². The van der Waals surface area contributed by atoms with Gasteiger partial charge < -0.3 is 9.66 Å². The standard InChI is InChI=1S/C8H8N4O4S2/c13-4-1-2-5(14)7(4)10-12-8-11-9-6(17-8)3-18(15)16/h13H,1-3H2,(H,15,16)/p-1. The Balaban J connectivity index is 2.10. The van der Waals surface area contributed by atoms with Gasteiger partial charge >= 0.3 is 0 Å². The summed E-state index contributed by atoms with van der Waals surface area (Å²) in [5.41, 5.74) is -0.0702. The van der Waals surface area contributed by atoms with Crippen LogP contribution in [-0.4, -0.2) is 29.8 Å². The minimum Gasteiger partial charge on any atom is -0.772 e. The molecule has 0 aromatic carbocycles. The van der Waals surface area contributed by atoms with E-state index >= 15 is 0 Å². The van der Waals surface area contributed by atoms with Crippen molar-refractivity contribution in [2.24, 2.45) is 10.2 Å². The van der Waals surface area contributed by atoms with Crippen molar-refractivity contribution < 1.29 is 18.7 Å².